The van der Waals surface area contributed by atoms with E-state index in [0.29, 0.717) is 5.16 Å². The molecule has 0 bridgehead atoms. The average molecular weight is 494 g/mol. The van der Waals surface area contributed by atoms with Crippen LogP contribution in [0.3, 0.4) is 0 Å². The SMILES string of the molecule is CCc1ccccc1NC(=O)CN(C)C(=O)C(C)Sc1nnc(-c2ccc(C(C)(C)C)cc2)n1C. The van der Waals surface area contributed by atoms with E-state index in [-0.39, 0.29) is 23.8 Å². The van der Waals surface area contributed by atoms with Crippen LogP contribution < -0.4 is 5.32 Å². The van der Waals surface area contributed by atoms with Crippen molar-refractivity contribution in [2.75, 3.05) is 18.9 Å². The van der Waals surface area contributed by atoms with Crippen molar-refractivity contribution in [3.63, 3.8) is 0 Å². The molecule has 0 radical (unpaired) electrons. The lowest BCUT2D eigenvalue weighted by Gasteiger charge is -2.21. The van der Waals surface area contributed by atoms with Crippen LogP contribution in [-0.4, -0.2) is 50.3 Å². The van der Waals surface area contributed by atoms with Crippen molar-refractivity contribution in [2.24, 2.45) is 7.05 Å². The molecule has 0 spiro atoms. The second-order valence-electron chi connectivity index (χ2n) is 9.71. The first-order valence-corrected chi connectivity index (χ1v) is 12.7. The van der Waals surface area contributed by atoms with Gasteiger partial charge in [-0.15, -0.1) is 10.2 Å². The Hall–Kier alpha value is -3.13. The van der Waals surface area contributed by atoms with Gasteiger partial charge in [-0.05, 0) is 36.0 Å². The van der Waals surface area contributed by atoms with Crippen LogP contribution in [-0.2, 0) is 28.5 Å². The average Bonchev–Trinajstić information content (AvgIpc) is 3.18. The molecule has 1 N–H and O–H groups in total. The third kappa shape index (κ3) is 6.51. The zero-order valence-electron chi connectivity index (χ0n) is 21.6. The highest BCUT2D eigenvalue weighted by Crippen LogP contribution is 2.28. The monoisotopic (exact) mass is 493 g/mol. The normalized spacial score (nSPS) is 12.3. The lowest BCUT2D eigenvalue weighted by molar-refractivity contribution is -0.132. The number of hydrogen-bond donors (Lipinski definition) is 1. The maximum Gasteiger partial charge on any atom is 0.243 e. The van der Waals surface area contributed by atoms with Crippen molar-refractivity contribution in [2.45, 2.75) is 56.9 Å². The fourth-order valence-electron chi connectivity index (χ4n) is 3.74. The number of aryl methyl sites for hydroxylation is 1. The minimum absolute atomic E-state index is 0.0219. The molecule has 1 atom stereocenters. The number of thioether (sulfide) groups is 1. The lowest BCUT2D eigenvalue weighted by Crippen LogP contribution is -2.39. The van der Waals surface area contributed by atoms with E-state index in [1.807, 2.05) is 49.7 Å². The number of hydrogen-bond acceptors (Lipinski definition) is 5. The maximum absolute atomic E-state index is 12.9. The Morgan fingerprint density at radius 1 is 1.09 bits per heavy atom. The van der Waals surface area contributed by atoms with E-state index in [9.17, 15) is 9.59 Å². The van der Waals surface area contributed by atoms with Crippen molar-refractivity contribution in [1.29, 1.82) is 0 Å². The number of rotatable bonds is 8. The summed E-state index contributed by atoms with van der Waals surface area (Å²) in [7, 11) is 3.54. The van der Waals surface area contributed by atoms with Crippen LogP contribution in [0.1, 0.15) is 45.7 Å². The van der Waals surface area contributed by atoms with Gasteiger partial charge in [0.25, 0.3) is 0 Å². The number of carbonyl (C=O) groups excluding carboxylic acids is 2. The summed E-state index contributed by atoms with van der Waals surface area (Å²) in [5, 5.41) is 11.8. The Kier molecular flexibility index (Phi) is 8.38. The number of carbonyl (C=O) groups is 2. The van der Waals surface area contributed by atoms with Gasteiger partial charge in [-0.1, -0.05) is 81.9 Å². The van der Waals surface area contributed by atoms with Crippen LogP contribution >= 0.6 is 11.8 Å². The molecule has 0 saturated heterocycles. The summed E-state index contributed by atoms with van der Waals surface area (Å²) >= 11 is 1.33. The summed E-state index contributed by atoms with van der Waals surface area (Å²) in [5.41, 5.74) is 4.15. The summed E-state index contributed by atoms with van der Waals surface area (Å²) in [5.74, 6) is 0.376. The zero-order chi connectivity index (χ0) is 25.8. The molecule has 1 unspecified atom stereocenters. The van der Waals surface area contributed by atoms with Crippen LogP contribution in [0, 0.1) is 0 Å². The number of likely N-dealkylation sites (N-methyl/N-ethyl adjacent to an activating group) is 1. The number of benzene rings is 2. The molecule has 1 heterocycles. The van der Waals surface area contributed by atoms with Gasteiger partial charge in [-0.25, -0.2) is 0 Å². The maximum atomic E-state index is 12.9. The van der Waals surface area contributed by atoms with Crippen LogP contribution in [0.25, 0.3) is 11.4 Å². The molecule has 0 fully saturated rings. The molecule has 0 aliphatic carbocycles. The van der Waals surface area contributed by atoms with Crippen molar-refractivity contribution in [3.8, 4) is 11.4 Å². The van der Waals surface area contributed by atoms with E-state index in [1.165, 1.54) is 22.2 Å². The Balaban J connectivity index is 1.62. The standard InChI is InChI=1S/C27H35N5O2S/c1-8-19-11-9-10-12-22(19)28-23(33)17-31(6)25(34)18(2)35-26-30-29-24(32(26)7)20-13-15-21(16-14-20)27(3,4)5/h9-16,18H,8,17H2,1-7H3,(H,28,33). The molecule has 3 aromatic rings. The van der Waals surface area contributed by atoms with Gasteiger partial charge in [-0.2, -0.15) is 0 Å². The summed E-state index contributed by atoms with van der Waals surface area (Å²) < 4.78 is 1.90. The van der Waals surface area contributed by atoms with E-state index in [4.69, 9.17) is 0 Å². The fraction of sp³-hybridized carbons (Fsp3) is 0.407. The van der Waals surface area contributed by atoms with E-state index in [0.717, 1.165) is 29.1 Å². The number of nitrogens with zero attached hydrogens (tertiary/aromatic N) is 4. The predicted octanol–water partition coefficient (Wildman–Crippen LogP) is 4.92. The highest BCUT2D eigenvalue weighted by atomic mass is 32.2. The lowest BCUT2D eigenvalue weighted by atomic mass is 9.87. The summed E-state index contributed by atoms with van der Waals surface area (Å²) in [4.78, 5) is 26.9. The molecule has 2 aromatic carbocycles. The molecule has 1 aromatic heterocycles. The first-order chi connectivity index (χ1) is 16.5. The Morgan fingerprint density at radius 2 is 1.74 bits per heavy atom. The molecule has 8 heteroatoms. The largest absolute Gasteiger partial charge is 0.335 e. The van der Waals surface area contributed by atoms with Crippen LogP contribution in [0.15, 0.2) is 53.7 Å². The summed E-state index contributed by atoms with van der Waals surface area (Å²) in [6, 6.07) is 16.0. The highest BCUT2D eigenvalue weighted by Gasteiger charge is 2.24. The summed E-state index contributed by atoms with van der Waals surface area (Å²) in [6.07, 6.45) is 0.819. The van der Waals surface area contributed by atoms with Gasteiger partial charge in [0.05, 0.1) is 11.8 Å². The van der Waals surface area contributed by atoms with E-state index in [2.05, 4.69) is 60.6 Å². The number of para-hydroxylation sites is 1. The first-order valence-electron chi connectivity index (χ1n) is 11.8. The van der Waals surface area contributed by atoms with Crippen molar-refractivity contribution < 1.29 is 9.59 Å². The van der Waals surface area contributed by atoms with Gasteiger partial charge in [0.1, 0.15) is 0 Å². The van der Waals surface area contributed by atoms with Gasteiger partial charge in [-0.3, -0.25) is 9.59 Å². The minimum atomic E-state index is -0.422. The van der Waals surface area contributed by atoms with Crippen molar-refractivity contribution in [1.82, 2.24) is 19.7 Å². The van der Waals surface area contributed by atoms with E-state index < -0.39 is 5.25 Å². The van der Waals surface area contributed by atoms with Crippen LogP contribution in [0.5, 0.6) is 0 Å². The predicted molar refractivity (Wildman–Crippen MR) is 143 cm³/mol. The van der Waals surface area contributed by atoms with Gasteiger partial charge in [0.15, 0.2) is 11.0 Å². The number of aromatic nitrogens is 3. The van der Waals surface area contributed by atoms with Gasteiger partial charge in [0, 0.05) is 25.3 Å². The third-order valence-corrected chi connectivity index (χ3v) is 7.02. The molecule has 3 rings (SSSR count). The minimum Gasteiger partial charge on any atom is -0.335 e. The molecule has 2 amide bonds. The molecule has 0 aliphatic heterocycles. The molecule has 0 aliphatic rings. The summed E-state index contributed by atoms with van der Waals surface area (Å²) in [6.45, 7) is 10.4. The molecule has 35 heavy (non-hydrogen) atoms. The van der Waals surface area contributed by atoms with Crippen molar-refractivity contribution in [3.05, 3.63) is 59.7 Å². The Labute approximate surface area is 212 Å². The van der Waals surface area contributed by atoms with Gasteiger partial charge < -0.3 is 14.8 Å². The van der Waals surface area contributed by atoms with E-state index in [1.54, 1.807) is 7.05 Å². The number of anilines is 1. The second-order valence-corrected chi connectivity index (χ2v) is 11.0. The first kappa shape index (κ1) is 26.5. The van der Waals surface area contributed by atoms with Gasteiger partial charge >= 0.3 is 0 Å². The van der Waals surface area contributed by atoms with Crippen molar-refractivity contribution >= 4 is 29.3 Å². The number of amides is 2. The smallest absolute Gasteiger partial charge is 0.243 e. The molecular weight excluding hydrogens is 458 g/mol. The Morgan fingerprint density at radius 3 is 2.37 bits per heavy atom. The van der Waals surface area contributed by atoms with Crippen LogP contribution in [0.4, 0.5) is 5.69 Å². The fourth-order valence-corrected chi connectivity index (χ4v) is 4.67. The second kappa shape index (κ2) is 11.1. The molecule has 186 valence electrons. The molecule has 7 nitrogen and oxygen atoms in total. The van der Waals surface area contributed by atoms with Crippen LogP contribution in [0.2, 0.25) is 0 Å². The van der Waals surface area contributed by atoms with E-state index >= 15 is 0 Å². The zero-order valence-corrected chi connectivity index (χ0v) is 22.4. The molecular formula is C27H35N5O2S. The number of nitrogens with one attached hydrogen (secondary N) is 1. The third-order valence-electron chi connectivity index (χ3n) is 5.90. The quantitative estimate of drug-likeness (QED) is 0.451. The topological polar surface area (TPSA) is 80.1 Å². The molecule has 0 saturated carbocycles. The Bertz CT molecular complexity index is 1180. The van der Waals surface area contributed by atoms with Gasteiger partial charge in [0.2, 0.25) is 11.8 Å². The highest BCUT2D eigenvalue weighted by molar-refractivity contribution is 8.00.